The van der Waals surface area contributed by atoms with Crippen molar-refractivity contribution in [2.45, 2.75) is 39.7 Å². The van der Waals surface area contributed by atoms with Crippen LogP contribution >= 0.6 is 0 Å². The highest BCUT2D eigenvalue weighted by Crippen LogP contribution is 2.17. The second kappa shape index (κ2) is 7.29. The van der Waals surface area contributed by atoms with E-state index in [4.69, 9.17) is 4.52 Å². The second-order valence-electron chi connectivity index (χ2n) is 6.14. The molecule has 3 aromatic rings. The molecule has 3 rings (SSSR count). The molecule has 1 amide bonds. The van der Waals surface area contributed by atoms with Gasteiger partial charge in [0.1, 0.15) is 12.2 Å². The van der Waals surface area contributed by atoms with Crippen LogP contribution in [-0.4, -0.2) is 25.6 Å². The van der Waals surface area contributed by atoms with Crippen LogP contribution in [0.3, 0.4) is 0 Å². The van der Waals surface area contributed by atoms with Crippen molar-refractivity contribution in [2.75, 3.05) is 5.32 Å². The number of imidazole rings is 1. The number of carbonyl (C=O) groups excluding carboxylic acids is 1. The van der Waals surface area contributed by atoms with E-state index in [9.17, 15) is 4.79 Å². The van der Waals surface area contributed by atoms with Gasteiger partial charge in [0.2, 0.25) is 17.6 Å². The summed E-state index contributed by atoms with van der Waals surface area (Å²) in [5.74, 6) is 1.04. The Hall–Kier alpha value is -2.96. The highest BCUT2D eigenvalue weighted by molar-refractivity contribution is 5.90. The Morgan fingerprint density at radius 1 is 1.28 bits per heavy atom. The maximum Gasteiger partial charge on any atom is 0.244 e. The SMILES string of the molecule is CCc1ccc(NC(=O)Cn2cnc(-c3noc(C(C)C)n3)c2)cc1. The minimum Gasteiger partial charge on any atom is -0.339 e. The van der Waals surface area contributed by atoms with Crippen LogP contribution in [0.15, 0.2) is 41.3 Å². The Morgan fingerprint density at radius 2 is 2.04 bits per heavy atom. The third-order valence-corrected chi connectivity index (χ3v) is 3.77. The average Bonchev–Trinajstić information content (AvgIpc) is 3.24. The number of anilines is 1. The molecule has 0 saturated heterocycles. The number of carbonyl (C=O) groups is 1. The Morgan fingerprint density at radius 3 is 2.68 bits per heavy atom. The first-order valence-corrected chi connectivity index (χ1v) is 8.29. The van der Waals surface area contributed by atoms with Gasteiger partial charge in [-0.1, -0.05) is 38.1 Å². The largest absolute Gasteiger partial charge is 0.339 e. The molecule has 7 heteroatoms. The third kappa shape index (κ3) is 4.12. The molecule has 0 spiro atoms. The van der Waals surface area contributed by atoms with Crippen LogP contribution in [0.1, 0.15) is 38.1 Å². The van der Waals surface area contributed by atoms with Gasteiger partial charge in [-0.2, -0.15) is 4.98 Å². The smallest absolute Gasteiger partial charge is 0.244 e. The molecule has 0 aliphatic carbocycles. The summed E-state index contributed by atoms with van der Waals surface area (Å²) < 4.78 is 6.87. The van der Waals surface area contributed by atoms with E-state index in [-0.39, 0.29) is 18.4 Å². The van der Waals surface area contributed by atoms with Crippen LogP contribution in [0.5, 0.6) is 0 Å². The van der Waals surface area contributed by atoms with E-state index in [1.807, 2.05) is 38.1 Å². The van der Waals surface area contributed by atoms with Crippen LogP contribution in [0.4, 0.5) is 5.69 Å². The summed E-state index contributed by atoms with van der Waals surface area (Å²) >= 11 is 0. The molecule has 0 aliphatic heterocycles. The molecular formula is C18H21N5O2. The molecule has 0 aliphatic rings. The number of hydrogen-bond acceptors (Lipinski definition) is 5. The molecule has 0 atom stereocenters. The van der Waals surface area contributed by atoms with Gasteiger partial charge in [-0.3, -0.25) is 4.79 Å². The molecule has 0 radical (unpaired) electrons. The Kier molecular flexibility index (Phi) is 4.92. The van der Waals surface area contributed by atoms with Gasteiger partial charge in [0.25, 0.3) is 0 Å². The van der Waals surface area contributed by atoms with E-state index in [2.05, 4.69) is 27.4 Å². The molecule has 130 valence electrons. The molecule has 1 N–H and O–H groups in total. The standard InChI is InChI=1S/C18H21N5O2/c1-4-13-5-7-14(8-6-13)20-16(24)10-23-9-15(19-11-23)17-21-18(12(2)3)25-22-17/h5-9,11-12H,4,10H2,1-3H3,(H,20,24). The zero-order valence-corrected chi connectivity index (χ0v) is 14.6. The fourth-order valence-electron chi connectivity index (χ4n) is 2.33. The lowest BCUT2D eigenvalue weighted by Crippen LogP contribution is -2.17. The molecule has 0 bridgehead atoms. The van der Waals surface area contributed by atoms with E-state index in [0.717, 1.165) is 12.1 Å². The first-order valence-electron chi connectivity index (χ1n) is 8.29. The highest BCUT2D eigenvalue weighted by Gasteiger charge is 2.14. The molecule has 0 fully saturated rings. The van der Waals surface area contributed by atoms with Gasteiger partial charge in [-0.25, -0.2) is 4.98 Å². The molecule has 2 aromatic heterocycles. The van der Waals surface area contributed by atoms with Gasteiger partial charge in [-0.05, 0) is 24.1 Å². The number of rotatable bonds is 6. The maximum absolute atomic E-state index is 12.2. The Labute approximate surface area is 146 Å². The summed E-state index contributed by atoms with van der Waals surface area (Å²) in [6.07, 6.45) is 4.29. The average molecular weight is 339 g/mol. The molecule has 0 saturated carbocycles. The number of aromatic nitrogens is 4. The summed E-state index contributed by atoms with van der Waals surface area (Å²) in [4.78, 5) is 20.7. The summed E-state index contributed by atoms with van der Waals surface area (Å²) in [5, 5.41) is 6.79. The normalized spacial score (nSPS) is 11.0. The topological polar surface area (TPSA) is 85.8 Å². The van der Waals surface area contributed by atoms with E-state index in [1.165, 1.54) is 5.56 Å². The van der Waals surface area contributed by atoms with Crippen LogP contribution in [-0.2, 0) is 17.8 Å². The number of benzene rings is 1. The van der Waals surface area contributed by atoms with Crippen molar-refractivity contribution in [1.82, 2.24) is 19.7 Å². The summed E-state index contributed by atoms with van der Waals surface area (Å²) in [6.45, 7) is 6.22. The van der Waals surface area contributed by atoms with Gasteiger partial charge in [-0.15, -0.1) is 0 Å². The zero-order valence-electron chi connectivity index (χ0n) is 14.6. The van der Waals surface area contributed by atoms with Crippen molar-refractivity contribution in [3.8, 4) is 11.5 Å². The monoisotopic (exact) mass is 339 g/mol. The number of nitrogens with one attached hydrogen (secondary N) is 1. The highest BCUT2D eigenvalue weighted by atomic mass is 16.5. The third-order valence-electron chi connectivity index (χ3n) is 3.77. The Balaban J connectivity index is 1.62. The molecule has 25 heavy (non-hydrogen) atoms. The van der Waals surface area contributed by atoms with Crippen molar-refractivity contribution in [3.63, 3.8) is 0 Å². The predicted molar refractivity (Wildman–Crippen MR) is 94.1 cm³/mol. The Bertz CT molecular complexity index is 848. The lowest BCUT2D eigenvalue weighted by Gasteiger charge is -2.06. The molecule has 2 heterocycles. The number of aryl methyl sites for hydroxylation is 1. The van der Waals surface area contributed by atoms with Gasteiger partial charge in [0.15, 0.2) is 0 Å². The van der Waals surface area contributed by atoms with Crippen LogP contribution < -0.4 is 5.32 Å². The van der Waals surface area contributed by atoms with Crippen molar-refractivity contribution >= 4 is 11.6 Å². The van der Waals surface area contributed by atoms with Crippen molar-refractivity contribution < 1.29 is 9.32 Å². The number of hydrogen-bond donors (Lipinski definition) is 1. The maximum atomic E-state index is 12.2. The van der Waals surface area contributed by atoms with Gasteiger partial charge < -0.3 is 14.4 Å². The number of nitrogens with zero attached hydrogens (tertiary/aromatic N) is 4. The number of amides is 1. The summed E-state index contributed by atoms with van der Waals surface area (Å²) in [5.41, 5.74) is 2.59. The molecule has 7 nitrogen and oxygen atoms in total. The van der Waals surface area contributed by atoms with Gasteiger partial charge >= 0.3 is 0 Å². The zero-order chi connectivity index (χ0) is 17.8. The summed E-state index contributed by atoms with van der Waals surface area (Å²) in [7, 11) is 0. The van der Waals surface area contributed by atoms with Gasteiger partial charge in [0.05, 0.1) is 6.33 Å². The molecular weight excluding hydrogens is 318 g/mol. The fourth-order valence-corrected chi connectivity index (χ4v) is 2.33. The lowest BCUT2D eigenvalue weighted by molar-refractivity contribution is -0.116. The lowest BCUT2D eigenvalue weighted by atomic mass is 10.1. The minimum absolute atomic E-state index is 0.121. The van der Waals surface area contributed by atoms with E-state index in [1.54, 1.807) is 17.1 Å². The van der Waals surface area contributed by atoms with E-state index < -0.39 is 0 Å². The first-order chi connectivity index (χ1) is 12.0. The summed E-state index contributed by atoms with van der Waals surface area (Å²) in [6, 6.07) is 7.83. The molecule has 1 aromatic carbocycles. The van der Waals surface area contributed by atoms with Crippen molar-refractivity contribution in [2.24, 2.45) is 0 Å². The van der Waals surface area contributed by atoms with Crippen LogP contribution in [0, 0.1) is 0 Å². The van der Waals surface area contributed by atoms with E-state index >= 15 is 0 Å². The molecule has 0 unspecified atom stereocenters. The van der Waals surface area contributed by atoms with Crippen LogP contribution in [0.25, 0.3) is 11.5 Å². The van der Waals surface area contributed by atoms with Gasteiger partial charge in [0, 0.05) is 17.8 Å². The van der Waals surface area contributed by atoms with Crippen LogP contribution in [0.2, 0.25) is 0 Å². The van der Waals surface area contributed by atoms with Crippen molar-refractivity contribution in [3.05, 3.63) is 48.2 Å². The van der Waals surface area contributed by atoms with Crippen molar-refractivity contribution in [1.29, 1.82) is 0 Å². The predicted octanol–water partition coefficient (Wildman–Crippen LogP) is 3.26. The second-order valence-corrected chi connectivity index (χ2v) is 6.14. The van der Waals surface area contributed by atoms with E-state index in [0.29, 0.717) is 17.4 Å². The minimum atomic E-state index is -0.121. The fraction of sp³-hybridized carbons (Fsp3) is 0.333. The first kappa shape index (κ1) is 16.9. The quantitative estimate of drug-likeness (QED) is 0.745.